The van der Waals surface area contributed by atoms with Gasteiger partial charge >= 0.3 is 0 Å². The molecule has 0 unspecified atom stereocenters. The van der Waals surface area contributed by atoms with Crippen molar-refractivity contribution in [3.8, 4) is 0 Å². The average molecular weight is 448 g/mol. The van der Waals surface area contributed by atoms with Crippen molar-refractivity contribution in [2.24, 2.45) is 0 Å². The summed E-state index contributed by atoms with van der Waals surface area (Å²) < 4.78 is 0. The summed E-state index contributed by atoms with van der Waals surface area (Å²) in [6, 6.07) is 11.3. The Hall–Kier alpha value is -2.35. The smallest absolute Gasteiger partial charge is 0.228 e. The number of aromatic nitrogens is 2. The van der Waals surface area contributed by atoms with E-state index in [2.05, 4.69) is 20.2 Å². The third-order valence-electron chi connectivity index (χ3n) is 4.69. The van der Waals surface area contributed by atoms with Crippen LogP contribution in [0.4, 0.5) is 16.6 Å². The first kappa shape index (κ1) is 19.9. The highest BCUT2D eigenvalue weighted by Crippen LogP contribution is 2.33. The number of anilines is 3. The van der Waals surface area contributed by atoms with Crippen LogP contribution in [-0.2, 0) is 11.2 Å². The van der Waals surface area contributed by atoms with Crippen LogP contribution in [0.1, 0.15) is 5.69 Å². The SMILES string of the molecule is O=C(Cc1csc(Nc2ccccn2)n1)N1CCN(c2cccc(Cl)c2Cl)CC1. The lowest BCUT2D eigenvalue weighted by Crippen LogP contribution is -2.49. The minimum absolute atomic E-state index is 0.0801. The molecule has 0 saturated carbocycles. The lowest BCUT2D eigenvalue weighted by molar-refractivity contribution is -0.130. The van der Waals surface area contributed by atoms with E-state index in [0.717, 1.165) is 35.4 Å². The van der Waals surface area contributed by atoms with Crippen LogP contribution >= 0.6 is 34.5 Å². The van der Waals surface area contributed by atoms with Gasteiger partial charge in [-0.2, -0.15) is 0 Å². The zero-order valence-corrected chi connectivity index (χ0v) is 17.8. The summed E-state index contributed by atoms with van der Waals surface area (Å²) in [6.07, 6.45) is 2.01. The van der Waals surface area contributed by atoms with Crippen molar-refractivity contribution in [3.63, 3.8) is 0 Å². The number of amides is 1. The van der Waals surface area contributed by atoms with E-state index in [1.807, 2.05) is 40.6 Å². The van der Waals surface area contributed by atoms with Crippen molar-refractivity contribution in [2.75, 3.05) is 36.4 Å². The summed E-state index contributed by atoms with van der Waals surface area (Å²) in [5.74, 6) is 0.812. The standard InChI is InChI=1S/C20H19Cl2N5OS/c21-15-4-3-5-16(19(15)22)26-8-10-27(11-9-26)18(28)12-14-13-29-20(24-14)25-17-6-1-2-7-23-17/h1-7,13H,8-12H2,(H,23,24,25). The van der Waals surface area contributed by atoms with Gasteiger partial charge in [-0.3, -0.25) is 4.79 Å². The van der Waals surface area contributed by atoms with Gasteiger partial charge in [-0.15, -0.1) is 11.3 Å². The van der Waals surface area contributed by atoms with Gasteiger partial charge in [0.2, 0.25) is 5.91 Å². The maximum absolute atomic E-state index is 12.7. The molecule has 4 rings (SSSR count). The van der Waals surface area contributed by atoms with Gasteiger partial charge in [-0.1, -0.05) is 35.3 Å². The molecule has 1 saturated heterocycles. The Labute approximate surface area is 183 Å². The van der Waals surface area contributed by atoms with Crippen molar-refractivity contribution in [2.45, 2.75) is 6.42 Å². The number of benzene rings is 1. The molecule has 3 heterocycles. The lowest BCUT2D eigenvalue weighted by atomic mass is 10.2. The molecule has 1 amide bonds. The number of nitrogens with one attached hydrogen (secondary N) is 1. The van der Waals surface area contributed by atoms with Gasteiger partial charge in [0.05, 0.1) is 27.8 Å². The Morgan fingerprint density at radius 1 is 1.10 bits per heavy atom. The van der Waals surface area contributed by atoms with E-state index in [1.165, 1.54) is 11.3 Å². The molecule has 0 radical (unpaired) electrons. The van der Waals surface area contributed by atoms with Gasteiger partial charge in [0.1, 0.15) is 5.82 Å². The summed E-state index contributed by atoms with van der Waals surface area (Å²) >= 11 is 13.9. The highest BCUT2D eigenvalue weighted by Gasteiger charge is 2.23. The third-order valence-corrected chi connectivity index (χ3v) is 6.30. The number of hydrogen-bond acceptors (Lipinski definition) is 6. The van der Waals surface area contributed by atoms with E-state index in [0.29, 0.717) is 23.1 Å². The van der Waals surface area contributed by atoms with Crippen LogP contribution in [0.15, 0.2) is 48.0 Å². The first-order chi connectivity index (χ1) is 14.1. The molecule has 2 aromatic heterocycles. The normalized spacial score (nSPS) is 14.1. The van der Waals surface area contributed by atoms with Gasteiger partial charge in [-0.25, -0.2) is 9.97 Å². The molecule has 1 N–H and O–H groups in total. The van der Waals surface area contributed by atoms with Crippen LogP contribution in [0.25, 0.3) is 0 Å². The molecule has 1 aliphatic heterocycles. The van der Waals surface area contributed by atoms with E-state index < -0.39 is 0 Å². The summed E-state index contributed by atoms with van der Waals surface area (Å²) in [7, 11) is 0. The van der Waals surface area contributed by atoms with Gasteiger partial charge in [0, 0.05) is 37.8 Å². The molecule has 1 aromatic carbocycles. The lowest BCUT2D eigenvalue weighted by Gasteiger charge is -2.36. The predicted molar refractivity (Wildman–Crippen MR) is 119 cm³/mol. The largest absolute Gasteiger partial charge is 0.367 e. The van der Waals surface area contributed by atoms with Crippen molar-refractivity contribution < 1.29 is 4.79 Å². The number of piperazine rings is 1. The molecule has 6 nitrogen and oxygen atoms in total. The van der Waals surface area contributed by atoms with Crippen LogP contribution in [-0.4, -0.2) is 47.0 Å². The number of nitrogens with zero attached hydrogens (tertiary/aromatic N) is 4. The zero-order chi connectivity index (χ0) is 20.2. The van der Waals surface area contributed by atoms with Crippen LogP contribution in [0, 0.1) is 0 Å². The van der Waals surface area contributed by atoms with Crippen LogP contribution in [0.3, 0.4) is 0 Å². The molecular weight excluding hydrogens is 429 g/mol. The van der Waals surface area contributed by atoms with Crippen LogP contribution < -0.4 is 10.2 Å². The Balaban J connectivity index is 1.32. The van der Waals surface area contributed by atoms with Crippen LogP contribution in [0.2, 0.25) is 10.0 Å². The summed E-state index contributed by atoms with van der Waals surface area (Å²) in [5, 5.41) is 6.89. The minimum atomic E-state index is 0.0801. The molecule has 29 heavy (non-hydrogen) atoms. The molecular formula is C20H19Cl2N5OS. The second kappa shape index (κ2) is 8.98. The Bertz CT molecular complexity index is 990. The molecule has 0 aliphatic carbocycles. The molecule has 3 aromatic rings. The fourth-order valence-corrected chi connectivity index (χ4v) is 4.32. The fraction of sp³-hybridized carbons (Fsp3) is 0.250. The van der Waals surface area contributed by atoms with E-state index in [1.54, 1.807) is 12.3 Å². The molecule has 0 spiro atoms. The number of pyridine rings is 1. The van der Waals surface area contributed by atoms with E-state index in [9.17, 15) is 4.79 Å². The fourth-order valence-electron chi connectivity index (χ4n) is 3.19. The maximum atomic E-state index is 12.7. The Kier molecular flexibility index (Phi) is 6.18. The molecule has 9 heteroatoms. The number of thiazole rings is 1. The van der Waals surface area contributed by atoms with Crippen molar-refractivity contribution in [1.29, 1.82) is 0 Å². The predicted octanol–water partition coefficient (Wildman–Crippen LogP) is 4.48. The molecule has 150 valence electrons. The highest BCUT2D eigenvalue weighted by atomic mass is 35.5. The average Bonchev–Trinajstić information content (AvgIpc) is 3.17. The second-order valence-corrected chi connectivity index (χ2v) is 8.24. The highest BCUT2D eigenvalue weighted by molar-refractivity contribution is 7.13. The minimum Gasteiger partial charge on any atom is -0.367 e. The van der Waals surface area contributed by atoms with Gasteiger partial charge in [0.15, 0.2) is 5.13 Å². The van der Waals surface area contributed by atoms with Gasteiger partial charge in [-0.05, 0) is 24.3 Å². The number of halogens is 2. The molecule has 0 bridgehead atoms. The summed E-state index contributed by atoms with van der Waals surface area (Å²) in [6.45, 7) is 2.72. The molecule has 1 fully saturated rings. The summed E-state index contributed by atoms with van der Waals surface area (Å²) in [5.41, 5.74) is 1.68. The second-order valence-electron chi connectivity index (χ2n) is 6.60. The number of rotatable bonds is 5. The zero-order valence-electron chi connectivity index (χ0n) is 15.5. The first-order valence-corrected chi connectivity index (χ1v) is 10.8. The summed E-state index contributed by atoms with van der Waals surface area (Å²) in [4.78, 5) is 25.4. The number of carbonyl (C=O) groups is 1. The van der Waals surface area contributed by atoms with E-state index in [4.69, 9.17) is 23.2 Å². The first-order valence-electron chi connectivity index (χ1n) is 9.19. The Morgan fingerprint density at radius 3 is 2.69 bits per heavy atom. The monoisotopic (exact) mass is 447 g/mol. The van der Waals surface area contributed by atoms with Crippen LogP contribution in [0.5, 0.6) is 0 Å². The van der Waals surface area contributed by atoms with E-state index in [-0.39, 0.29) is 12.3 Å². The quantitative estimate of drug-likeness (QED) is 0.624. The van der Waals surface area contributed by atoms with Crippen molar-refractivity contribution >= 4 is 57.1 Å². The maximum Gasteiger partial charge on any atom is 0.228 e. The number of carbonyl (C=O) groups excluding carboxylic acids is 1. The number of hydrogen-bond donors (Lipinski definition) is 1. The van der Waals surface area contributed by atoms with E-state index >= 15 is 0 Å². The topological polar surface area (TPSA) is 61.4 Å². The molecule has 0 atom stereocenters. The third kappa shape index (κ3) is 4.80. The molecule has 1 aliphatic rings. The van der Waals surface area contributed by atoms with Crippen molar-refractivity contribution in [3.05, 3.63) is 63.7 Å². The van der Waals surface area contributed by atoms with Gasteiger partial charge < -0.3 is 15.1 Å². The van der Waals surface area contributed by atoms with Crippen molar-refractivity contribution in [1.82, 2.24) is 14.9 Å². The van der Waals surface area contributed by atoms with Gasteiger partial charge in [0.25, 0.3) is 0 Å². The Morgan fingerprint density at radius 2 is 1.93 bits per heavy atom.